The standard InChI is InChI=1S/C18H10ClF2N3S/c19-14-7-12(5-6-15(14)21)24-17-16-13(8-25-18(16)23-9-22-17)10-1-3-11(20)4-2-10/h1-9H,(H,22,23,24). The van der Waals surface area contributed by atoms with Crippen LogP contribution in [-0.2, 0) is 0 Å². The van der Waals surface area contributed by atoms with Gasteiger partial charge in [-0.25, -0.2) is 18.7 Å². The van der Waals surface area contributed by atoms with E-state index in [9.17, 15) is 8.78 Å². The first-order valence-corrected chi connectivity index (χ1v) is 8.58. The monoisotopic (exact) mass is 373 g/mol. The molecule has 7 heteroatoms. The fourth-order valence-corrected chi connectivity index (χ4v) is 3.62. The largest absolute Gasteiger partial charge is 0.340 e. The average molecular weight is 374 g/mol. The molecule has 0 amide bonds. The van der Waals surface area contributed by atoms with E-state index in [-0.39, 0.29) is 10.8 Å². The van der Waals surface area contributed by atoms with Crippen LogP contribution in [0.4, 0.5) is 20.3 Å². The molecule has 0 unspecified atom stereocenters. The number of nitrogens with zero attached hydrogens (tertiary/aromatic N) is 2. The minimum atomic E-state index is -0.484. The van der Waals surface area contributed by atoms with E-state index < -0.39 is 5.82 Å². The Labute approximate surface area is 150 Å². The minimum Gasteiger partial charge on any atom is -0.340 e. The molecule has 0 saturated carbocycles. The predicted octanol–water partition coefficient (Wildman–Crippen LogP) is 6.03. The molecule has 2 aromatic heterocycles. The molecule has 0 radical (unpaired) electrons. The number of halogens is 3. The molecule has 25 heavy (non-hydrogen) atoms. The molecule has 0 aliphatic carbocycles. The van der Waals surface area contributed by atoms with Gasteiger partial charge in [-0.15, -0.1) is 11.3 Å². The van der Waals surface area contributed by atoms with Crippen LogP contribution in [0.2, 0.25) is 5.02 Å². The number of anilines is 2. The van der Waals surface area contributed by atoms with E-state index in [0.717, 1.165) is 21.3 Å². The zero-order valence-corrected chi connectivity index (χ0v) is 14.2. The van der Waals surface area contributed by atoms with Gasteiger partial charge in [-0.1, -0.05) is 23.7 Å². The third-order valence-corrected chi connectivity index (χ3v) is 4.88. The summed E-state index contributed by atoms with van der Waals surface area (Å²) in [5.41, 5.74) is 2.38. The number of nitrogens with one attached hydrogen (secondary N) is 1. The van der Waals surface area contributed by atoms with E-state index in [0.29, 0.717) is 11.5 Å². The van der Waals surface area contributed by atoms with E-state index in [1.165, 1.54) is 41.9 Å². The van der Waals surface area contributed by atoms with Crippen LogP contribution in [0.3, 0.4) is 0 Å². The van der Waals surface area contributed by atoms with E-state index in [2.05, 4.69) is 15.3 Å². The van der Waals surface area contributed by atoms with Gasteiger partial charge in [0, 0.05) is 16.6 Å². The number of fused-ring (bicyclic) bond motifs is 1. The quantitative estimate of drug-likeness (QED) is 0.476. The van der Waals surface area contributed by atoms with Gasteiger partial charge >= 0.3 is 0 Å². The van der Waals surface area contributed by atoms with Gasteiger partial charge in [-0.2, -0.15) is 0 Å². The van der Waals surface area contributed by atoms with Crippen molar-refractivity contribution in [2.45, 2.75) is 0 Å². The number of benzene rings is 2. The second-order valence-corrected chi connectivity index (χ2v) is 6.58. The van der Waals surface area contributed by atoms with Gasteiger partial charge < -0.3 is 5.32 Å². The molecule has 0 bridgehead atoms. The molecule has 3 nitrogen and oxygen atoms in total. The molecule has 0 fully saturated rings. The molecular weight excluding hydrogens is 364 g/mol. The number of thiophene rings is 1. The van der Waals surface area contributed by atoms with Crippen LogP contribution in [0.25, 0.3) is 21.3 Å². The maximum absolute atomic E-state index is 13.3. The van der Waals surface area contributed by atoms with Gasteiger partial charge in [-0.05, 0) is 35.9 Å². The van der Waals surface area contributed by atoms with Crippen molar-refractivity contribution in [2.24, 2.45) is 0 Å². The zero-order chi connectivity index (χ0) is 17.4. The third kappa shape index (κ3) is 3.06. The fraction of sp³-hybridized carbons (Fsp3) is 0. The molecule has 4 aromatic rings. The number of rotatable bonds is 3. The SMILES string of the molecule is Fc1ccc(-c2csc3ncnc(Nc4ccc(F)c(Cl)c4)c23)cc1. The lowest BCUT2D eigenvalue weighted by Crippen LogP contribution is -1.96. The number of hydrogen-bond donors (Lipinski definition) is 1. The molecule has 0 aliphatic rings. The third-order valence-electron chi connectivity index (χ3n) is 3.71. The normalized spacial score (nSPS) is 11.0. The maximum atomic E-state index is 13.3. The Morgan fingerprint density at radius 2 is 1.80 bits per heavy atom. The summed E-state index contributed by atoms with van der Waals surface area (Å²) in [4.78, 5) is 9.39. The summed E-state index contributed by atoms with van der Waals surface area (Å²) in [6.45, 7) is 0. The summed E-state index contributed by atoms with van der Waals surface area (Å²) in [5, 5.41) is 5.95. The Balaban J connectivity index is 1.82. The second-order valence-electron chi connectivity index (χ2n) is 5.31. The van der Waals surface area contributed by atoms with Crippen LogP contribution in [0.5, 0.6) is 0 Å². The van der Waals surface area contributed by atoms with Crippen LogP contribution in [0.1, 0.15) is 0 Å². The molecule has 0 aliphatic heterocycles. The molecule has 0 spiro atoms. The Morgan fingerprint density at radius 1 is 1.00 bits per heavy atom. The van der Waals surface area contributed by atoms with E-state index in [1.54, 1.807) is 18.2 Å². The lowest BCUT2D eigenvalue weighted by Gasteiger charge is -2.09. The highest BCUT2D eigenvalue weighted by Crippen LogP contribution is 2.37. The van der Waals surface area contributed by atoms with Crippen molar-refractivity contribution < 1.29 is 8.78 Å². The molecular formula is C18H10ClF2N3S. The Bertz CT molecular complexity index is 1060. The lowest BCUT2D eigenvalue weighted by atomic mass is 10.1. The minimum absolute atomic E-state index is 0.0272. The van der Waals surface area contributed by atoms with Gasteiger partial charge in [0.2, 0.25) is 0 Å². The van der Waals surface area contributed by atoms with Gasteiger partial charge in [0.25, 0.3) is 0 Å². The highest BCUT2D eigenvalue weighted by molar-refractivity contribution is 7.17. The molecule has 2 heterocycles. The van der Waals surface area contributed by atoms with Crippen LogP contribution < -0.4 is 5.32 Å². The van der Waals surface area contributed by atoms with Crippen LogP contribution in [0, 0.1) is 11.6 Å². The van der Waals surface area contributed by atoms with Crippen molar-refractivity contribution in [3.63, 3.8) is 0 Å². The van der Waals surface area contributed by atoms with Crippen molar-refractivity contribution in [3.8, 4) is 11.1 Å². The molecule has 0 saturated heterocycles. The van der Waals surface area contributed by atoms with E-state index in [1.807, 2.05) is 5.38 Å². The van der Waals surface area contributed by atoms with Gasteiger partial charge in [0.05, 0.1) is 10.4 Å². The van der Waals surface area contributed by atoms with Crippen molar-refractivity contribution in [3.05, 3.63) is 70.8 Å². The highest BCUT2D eigenvalue weighted by atomic mass is 35.5. The fourth-order valence-electron chi connectivity index (χ4n) is 2.52. The first-order valence-electron chi connectivity index (χ1n) is 7.32. The summed E-state index contributed by atoms with van der Waals surface area (Å²) in [7, 11) is 0. The maximum Gasteiger partial charge on any atom is 0.143 e. The average Bonchev–Trinajstić information content (AvgIpc) is 3.04. The Morgan fingerprint density at radius 3 is 2.56 bits per heavy atom. The van der Waals surface area contributed by atoms with Gasteiger partial charge in [0.15, 0.2) is 0 Å². The first-order chi connectivity index (χ1) is 12.1. The van der Waals surface area contributed by atoms with E-state index in [4.69, 9.17) is 11.6 Å². The summed E-state index contributed by atoms with van der Waals surface area (Å²) >= 11 is 7.31. The van der Waals surface area contributed by atoms with Crippen LogP contribution >= 0.6 is 22.9 Å². The van der Waals surface area contributed by atoms with Crippen molar-refractivity contribution >= 4 is 44.7 Å². The summed E-state index contributed by atoms with van der Waals surface area (Å²) in [5.74, 6) is -0.199. The Kier molecular flexibility index (Phi) is 4.07. The molecule has 4 rings (SSSR count). The smallest absolute Gasteiger partial charge is 0.143 e. The molecule has 124 valence electrons. The molecule has 2 aromatic carbocycles. The summed E-state index contributed by atoms with van der Waals surface area (Å²) in [6.07, 6.45) is 1.46. The van der Waals surface area contributed by atoms with Crippen molar-refractivity contribution in [1.82, 2.24) is 9.97 Å². The first kappa shape index (κ1) is 15.9. The molecule has 1 N–H and O–H groups in total. The lowest BCUT2D eigenvalue weighted by molar-refractivity contribution is 0.628. The topological polar surface area (TPSA) is 37.8 Å². The van der Waals surface area contributed by atoms with E-state index >= 15 is 0 Å². The summed E-state index contributed by atoms with van der Waals surface area (Å²) in [6, 6.07) is 10.6. The van der Waals surface area contributed by atoms with Crippen LogP contribution in [0.15, 0.2) is 54.2 Å². The van der Waals surface area contributed by atoms with Gasteiger partial charge in [0.1, 0.15) is 28.6 Å². The highest BCUT2D eigenvalue weighted by Gasteiger charge is 2.14. The zero-order valence-electron chi connectivity index (χ0n) is 12.6. The number of hydrogen-bond acceptors (Lipinski definition) is 4. The van der Waals surface area contributed by atoms with Crippen molar-refractivity contribution in [1.29, 1.82) is 0 Å². The number of aromatic nitrogens is 2. The second kappa shape index (κ2) is 6.38. The van der Waals surface area contributed by atoms with Gasteiger partial charge in [-0.3, -0.25) is 0 Å². The predicted molar refractivity (Wildman–Crippen MR) is 97.5 cm³/mol. The Hall–Kier alpha value is -2.57. The van der Waals surface area contributed by atoms with Crippen molar-refractivity contribution in [2.75, 3.05) is 5.32 Å². The summed E-state index contributed by atoms with van der Waals surface area (Å²) < 4.78 is 26.5. The van der Waals surface area contributed by atoms with Crippen LogP contribution in [-0.4, -0.2) is 9.97 Å². The molecule has 0 atom stereocenters.